The highest BCUT2D eigenvalue weighted by Crippen LogP contribution is 2.42. The Bertz CT molecular complexity index is 1960. The van der Waals surface area contributed by atoms with E-state index in [0.717, 1.165) is 25.5 Å². The molecule has 250 valence electrons. The minimum Gasteiger partial charge on any atom is -0.461 e. The van der Waals surface area contributed by atoms with E-state index < -0.39 is 34.7 Å². The summed E-state index contributed by atoms with van der Waals surface area (Å²) in [6.07, 6.45) is 4.38. The Morgan fingerprint density at radius 2 is 1.98 bits per heavy atom. The van der Waals surface area contributed by atoms with Crippen LogP contribution in [0.15, 0.2) is 49.2 Å². The summed E-state index contributed by atoms with van der Waals surface area (Å²) in [6.45, 7) is 6.77. The highest BCUT2D eigenvalue weighted by atomic mass is 19.2. The maximum Gasteiger partial charge on any atom is 0.319 e. The number of rotatable bonds is 6. The fourth-order valence-electron chi connectivity index (χ4n) is 8.22. The Kier molecular flexibility index (Phi) is 7.51. The number of piperazine rings is 1. The van der Waals surface area contributed by atoms with Crippen molar-refractivity contribution in [2.75, 3.05) is 57.4 Å². The lowest BCUT2D eigenvalue weighted by Crippen LogP contribution is -2.64. The number of nitrogens with zero attached hydrogens (tertiary/aromatic N) is 6. The number of anilines is 1. The van der Waals surface area contributed by atoms with E-state index in [9.17, 15) is 13.6 Å². The van der Waals surface area contributed by atoms with E-state index in [2.05, 4.69) is 21.4 Å². The van der Waals surface area contributed by atoms with Gasteiger partial charge in [-0.25, -0.2) is 17.6 Å². The molecule has 4 aliphatic heterocycles. The molecule has 4 aliphatic rings. The molecule has 1 amide bonds. The minimum atomic E-state index is -1.10. The fraction of sp³-hybridized carbons (Fsp3) is 0.429. The van der Waals surface area contributed by atoms with Crippen molar-refractivity contribution >= 4 is 33.4 Å². The van der Waals surface area contributed by atoms with Crippen LogP contribution < -0.4 is 9.64 Å². The van der Waals surface area contributed by atoms with Crippen LogP contribution in [-0.4, -0.2) is 100 Å². The lowest BCUT2D eigenvalue weighted by molar-refractivity contribution is -0.133. The molecule has 13 heteroatoms. The number of benzene rings is 2. The summed E-state index contributed by atoms with van der Waals surface area (Å²) in [7, 11) is 0. The summed E-state index contributed by atoms with van der Waals surface area (Å²) in [4.78, 5) is 32.4. The first-order valence-electron chi connectivity index (χ1n) is 16.2. The Hall–Kier alpha value is -4.36. The summed E-state index contributed by atoms with van der Waals surface area (Å²) in [5.74, 6) is -2.84. The first-order valence-corrected chi connectivity index (χ1v) is 16.2. The summed E-state index contributed by atoms with van der Waals surface area (Å²) < 4.78 is 72.8. The van der Waals surface area contributed by atoms with Crippen LogP contribution in [0.5, 0.6) is 6.01 Å². The first-order chi connectivity index (χ1) is 23.2. The smallest absolute Gasteiger partial charge is 0.319 e. The average Bonchev–Trinajstić information content (AvgIpc) is 3.79. The zero-order valence-electron chi connectivity index (χ0n) is 26.2. The Morgan fingerprint density at radius 1 is 1.10 bits per heavy atom. The van der Waals surface area contributed by atoms with Gasteiger partial charge >= 0.3 is 6.01 Å². The molecule has 8 rings (SSSR count). The van der Waals surface area contributed by atoms with E-state index in [1.54, 1.807) is 17.0 Å². The molecular formula is C35H34F4N6O3. The van der Waals surface area contributed by atoms with Gasteiger partial charge in [-0.15, -0.1) is 0 Å². The molecule has 0 radical (unpaired) electrons. The van der Waals surface area contributed by atoms with Crippen molar-refractivity contribution < 1.29 is 31.8 Å². The van der Waals surface area contributed by atoms with Gasteiger partial charge in [0, 0.05) is 56.4 Å². The molecule has 0 bridgehead atoms. The summed E-state index contributed by atoms with van der Waals surface area (Å²) in [6, 6.07) is 7.09. The quantitative estimate of drug-likeness (QED) is 0.206. The Balaban J connectivity index is 1.25. The molecule has 9 nitrogen and oxygen atoms in total. The minimum absolute atomic E-state index is 0.0746. The van der Waals surface area contributed by atoms with Crippen molar-refractivity contribution in [2.45, 2.75) is 42.9 Å². The molecule has 2 aromatic heterocycles. The molecule has 0 aliphatic carbocycles. The van der Waals surface area contributed by atoms with Gasteiger partial charge in [0.2, 0.25) is 5.91 Å². The topological polar surface area (TPSA) is 83.9 Å². The number of alkyl halides is 1. The van der Waals surface area contributed by atoms with E-state index in [0.29, 0.717) is 68.8 Å². The fourth-order valence-corrected chi connectivity index (χ4v) is 8.22. The number of hydrogen-bond acceptors (Lipinski definition) is 8. The number of aromatic nitrogens is 3. The molecule has 0 N–H and O–H groups in total. The number of fused-ring (bicyclic) bond motifs is 3. The molecule has 1 unspecified atom stereocenters. The van der Waals surface area contributed by atoms with Crippen LogP contribution in [-0.2, 0) is 9.53 Å². The van der Waals surface area contributed by atoms with Gasteiger partial charge in [0.15, 0.2) is 17.5 Å². The number of amides is 1. The van der Waals surface area contributed by atoms with Gasteiger partial charge in [0.25, 0.3) is 0 Å². The van der Waals surface area contributed by atoms with Crippen molar-refractivity contribution in [2.24, 2.45) is 0 Å². The SMILES string of the molecule is C=CC(=O)N1CCN(c2nc(OC[C@@]34CCCN3C[C@H](F)C4)nc3c(F)c(-c4cccc5ccc(F)c(F)c45)ncc23)CC12CCOC2. The standard InChI is InChI=1S/C35H34F4N6O3/c1-2-26(46)45-13-12-43(18-35(45)10-14-47-19-35)32-24-16-40-30(23-6-3-5-21-7-8-25(37)28(38)27(21)23)29(39)31(24)41-33(42-32)48-20-34-9-4-11-44(34)17-22(36)15-34/h2-3,5-8,16,22H,1,4,9-15,17-20H2/t22-,34+,35?/m1/s1. The monoisotopic (exact) mass is 662 g/mol. The number of carbonyl (C=O) groups excluding carboxylic acids is 1. The number of hydrogen-bond donors (Lipinski definition) is 0. The molecule has 6 heterocycles. The zero-order chi connectivity index (χ0) is 33.2. The van der Waals surface area contributed by atoms with Crippen molar-refractivity contribution in [3.63, 3.8) is 0 Å². The van der Waals surface area contributed by atoms with Gasteiger partial charge in [-0.3, -0.25) is 14.7 Å². The van der Waals surface area contributed by atoms with Crippen molar-refractivity contribution in [3.8, 4) is 17.3 Å². The lowest BCUT2D eigenvalue weighted by atomic mass is 9.92. The van der Waals surface area contributed by atoms with Gasteiger partial charge in [0.1, 0.15) is 29.8 Å². The number of halogens is 4. The first kappa shape index (κ1) is 30.9. The van der Waals surface area contributed by atoms with Crippen LogP contribution in [0.25, 0.3) is 32.9 Å². The predicted molar refractivity (Wildman–Crippen MR) is 171 cm³/mol. The zero-order valence-corrected chi connectivity index (χ0v) is 26.2. The Morgan fingerprint density at radius 3 is 2.79 bits per heavy atom. The molecule has 4 saturated heterocycles. The van der Waals surface area contributed by atoms with Crippen molar-refractivity contribution in [3.05, 3.63) is 66.6 Å². The second-order valence-corrected chi connectivity index (χ2v) is 13.3. The number of carbonyl (C=O) groups is 1. The Labute approximate surface area is 274 Å². The summed E-state index contributed by atoms with van der Waals surface area (Å²) in [5, 5.41) is 0.584. The van der Waals surface area contributed by atoms with Gasteiger partial charge in [-0.1, -0.05) is 30.8 Å². The summed E-state index contributed by atoms with van der Waals surface area (Å²) in [5.41, 5.74) is -1.38. The molecule has 0 saturated carbocycles. The lowest BCUT2D eigenvalue weighted by Gasteiger charge is -2.48. The van der Waals surface area contributed by atoms with E-state index in [4.69, 9.17) is 14.5 Å². The maximum atomic E-state index is 16.8. The van der Waals surface area contributed by atoms with Gasteiger partial charge in [0.05, 0.1) is 23.1 Å². The van der Waals surface area contributed by atoms with Crippen molar-refractivity contribution in [1.82, 2.24) is 24.8 Å². The summed E-state index contributed by atoms with van der Waals surface area (Å²) >= 11 is 0. The molecular weight excluding hydrogens is 628 g/mol. The normalized spacial score (nSPS) is 25.8. The maximum absolute atomic E-state index is 16.8. The molecule has 1 spiro atoms. The number of ether oxygens (including phenoxy) is 2. The predicted octanol–water partition coefficient (Wildman–Crippen LogP) is 5.21. The largest absolute Gasteiger partial charge is 0.461 e. The van der Waals surface area contributed by atoms with Crippen LogP contribution in [0.1, 0.15) is 25.7 Å². The van der Waals surface area contributed by atoms with Crippen LogP contribution in [0.4, 0.5) is 23.4 Å². The molecule has 4 aromatic rings. The van der Waals surface area contributed by atoms with E-state index in [1.165, 1.54) is 24.4 Å². The van der Waals surface area contributed by atoms with Crippen LogP contribution in [0, 0.1) is 17.5 Å². The third kappa shape index (κ3) is 4.89. The molecule has 4 fully saturated rings. The number of pyridine rings is 1. The van der Waals surface area contributed by atoms with Crippen molar-refractivity contribution in [1.29, 1.82) is 0 Å². The van der Waals surface area contributed by atoms with E-state index in [1.807, 2.05) is 4.90 Å². The highest BCUT2D eigenvalue weighted by molar-refractivity contribution is 5.99. The van der Waals surface area contributed by atoms with Gasteiger partial charge in [-0.2, -0.15) is 9.97 Å². The van der Waals surface area contributed by atoms with Gasteiger partial charge < -0.3 is 19.3 Å². The van der Waals surface area contributed by atoms with Crippen LogP contribution >= 0.6 is 0 Å². The third-order valence-corrected chi connectivity index (χ3v) is 10.5. The molecule has 3 atom stereocenters. The van der Waals surface area contributed by atoms with E-state index in [-0.39, 0.29) is 40.7 Å². The van der Waals surface area contributed by atoms with Crippen LogP contribution in [0.2, 0.25) is 0 Å². The highest BCUT2D eigenvalue weighted by Gasteiger charge is 2.50. The van der Waals surface area contributed by atoms with Gasteiger partial charge in [-0.05, 0) is 43.3 Å². The van der Waals surface area contributed by atoms with Crippen LogP contribution in [0.3, 0.4) is 0 Å². The van der Waals surface area contributed by atoms with E-state index >= 15 is 8.78 Å². The average molecular weight is 663 g/mol. The second kappa shape index (κ2) is 11.7. The molecule has 2 aromatic carbocycles. The second-order valence-electron chi connectivity index (χ2n) is 13.3. The molecule has 48 heavy (non-hydrogen) atoms. The third-order valence-electron chi connectivity index (χ3n) is 10.5.